The van der Waals surface area contributed by atoms with Crippen LogP contribution in [0.15, 0.2) is 60.7 Å². The molecular weight excluding hydrogens is 289 g/mol. The molecule has 22 heavy (non-hydrogen) atoms. The van der Waals surface area contributed by atoms with Gasteiger partial charge in [-0.25, -0.2) is 0 Å². The third-order valence-corrected chi connectivity index (χ3v) is 8.13. The second-order valence-corrected chi connectivity index (χ2v) is 9.46. The minimum atomic E-state index is -2.55. The quantitative estimate of drug-likeness (QED) is 0.761. The van der Waals surface area contributed by atoms with Crippen LogP contribution < -0.4 is 10.6 Å². The predicted molar refractivity (Wildman–Crippen MR) is 94.9 cm³/mol. The molecule has 0 atom stereocenters. The van der Waals surface area contributed by atoms with Gasteiger partial charge >= 0.3 is 0 Å². The molecule has 3 heteroatoms. The Kier molecular flexibility index (Phi) is 4.25. The lowest BCUT2D eigenvalue weighted by molar-refractivity contribution is 0.265. The van der Waals surface area contributed by atoms with Crippen LogP contribution in [0.3, 0.4) is 0 Å². The van der Waals surface area contributed by atoms with Crippen molar-refractivity contribution in [3.63, 3.8) is 0 Å². The molecule has 0 aliphatic heterocycles. The normalized spacial score (nSPS) is 16.7. The number of benzene rings is 2. The average molecular weight is 313 g/mol. The summed E-state index contributed by atoms with van der Waals surface area (Å²) in [7, 11) is 1.74. The monoisotopic (exact) mass is 313 g/mol. The van der Waals surface area contributed by atoms with E-state index >= 15 is 0 Å². The summed E-state index contributed by atoms with van der Waals surface area (Å²) >= 11 is 0. The van der Waals surface area contributed by atoms with Gasteiger partial charge in [0.2, 0.25) is 0 Å². The Morgan fingerprint density at radius 1 is 0.909 bits per heavy atom. The van der Waals surface area contributed by atoms with E-state index in [0.717, 1.165) is 23.2 Å². The Balaban J connectivity index is 1.93. The maximum Gasteiger partial charge on any atom is 0.143 e. The minimum Gasteiger partial charge on any atom is -0.314 e. The van der Waals surface area contributed by atoms with Gasteiger partial charge in [0.25, 0.3) is 0 Å². The van der Waals surface area contributed by atoms with Crippen LogP contribution in [0.5, 0.6) is 0 Å². The van der Waals surface area contributed by atoms with Gasteiger partial charge < -0.3 is 9.46 Å². The SMILES string of the molecule is CN(C)C1(CCP(=O)(c2ccccc2)c2ccccc2)CC1. The van der Waals surface area contributed by atoms with E-state index in [9.17, 15) is 4.57 Å². The van der Waals surface area contributed by atoms with Crippen molar-refractivity contribution in [3.05, 3.63) is 60.7 Å². The highest BCUT2D eigenvalue weighted by atomic mass is 31.2. The molecular formula is C19H24NOP. The molecule has 0 radical (unpaired) electrons. The third-order valence-electron chi connectivity index (χ3n) is 5.01. The van der Waals surface area contributed by atoms with Crippen molar-refractivity contribution in [2.24, 2.45) is 0 Å². The van der Waals surface area contributed by atoms with Gasteiger partial charge in [0.15, 0.2) is 0 Å². The van der Waals surface area contributed by atoms with E-state index < -0.39 is 7.14 Å². The fourth-order valence-electron chi connectivity index (χ4n) is 3.18. The molecule has 1 aliphatic carbocycles. The zero-order valence-corrected chi connectivity index (χ0v) is 14.3. The maximum absolute atomic E-state index is 13.9. The van der Waals surface area contributed by atoms with Gasteiger partial charge in [0, 0.05) is 22.3 Å². The summed E-state index contributed by atoms with van der Waals surface area (Å²) in [5, 5.41) is 1.96. The van der Waals surface area contributed by atoms with E-state index in [4.69, 9.17) is 0 Å². The third kappa shape index (κ3) is 2.91. The van der Waals surface area contributed by atoms with Gasteiger partial charge in [-0.15, -0.1) is 0 Å². The van der Waals surface area contributed by atoms with Crippen molar-refractivity contribution in [1.82, 2.24) is 4.90 Å². The highest BCUT2D eigenvalue weighted by molar-refractivity contribution is 7.78. The second-order valence-electron chi connectivity index (χ2n) is 6.50. The van der Waals surface area contributed by atoms with E-state index in [2.05, 4.69) is 19.0 Å². The van der Waals surface area contributed by atoms with Gasteiger partial charge in [0.05, 0.1) is 0 Å². The van der Waals surface area contributed by atoms with E-state index in [1.165, 1.54) is 12.8 Å². The molecule has 0 heterocycles. The number of hydrogen-bond acceptors (Lipinski definition) is 2. The maximum atomic E-state index is 13.9. The summed E-state index contributed by atoms with van der Waals surface area (Å²) in [6, 6.07) is 20.0. The molecule has 0 unspecified atom stereocenters. The van der Waals surface area contributed by atoms with E-state index in [1.54, 1.807) is 0 Å². The number of nitrogens with zero attached hydrogens (tertiary/aromatic N) is 1. The van der Waals surface area contributed by atoms with Crippen LogP contribution in [-0.4, -0.2) is 30.7 Å². The van der Waals surface area contributed by atoms with Crippen LogP contribution in [0.1, 0.15) is 19.3 Å². The Hall–Kier alpha value is -1.37. The van der Waals surface area contributed by atoms with Crippen molar-refractivity contribution < 1.29 is 4.57 Å². The van der Waals surface area contributed by atoms with Crippen molar-refractivity contribution in [1.29, 1.82) is 0 Å². The summed E-state index contributed by atoms with van der Waals surface area (Å²) in [6.07, 6.45) is 4.20. The van der Waals surface area contributed by atoms with Crippen molar-refractivity contribution in [2.45, 2.75) is 24.8 Å². The molecule has 2 aromatic carbocycles. The van der Waals surface area contributed by atoms with Crippen LogP contribution in [-0.2, 0) is 4.57 Å². The largest absolute Gasteiger partial charge is 0.314 e. The zero-order chi connectivity index (χ0) is 15.6. The van der Waals surface area contributed by atoms with Crippen molar-refractivity contribution >= 4 is 17.8 Å². The molecule has 0 N–H and O–H groups in total. The first-order valence-electron chi connectivity index (χ1n) is 7.95. The van der Waals surface area contributed by atoms with Crippen LogP contribution in [0.4, 0.5) is 0 Å². The number of rotatable bonds is 6. The molecule has 0 spiro atoms. The van der Waals surface area contributed by atoms with E-state index in [-0.39, 0.29) is 5.54 Å². The topological polar surface area (TPSA) is 20.3 Å². The fraction of sp³-hybridized carbons (Fsp3) is 0.368. The highest BCUT2D eigenvalue weighted by Gasteiger charge is 2.45. The molecule has 0 amide bonds. The van der Waals surface area contributed by atoms with Gasteiger partial charge in [-0.1, -0.05) is 60.7 Å². The highest BCUT2D eigenvalue weighted by Crippen LogP contribution is 2.50. The summed E-state index contributed by atoms with van der Waals surface area (Å²) in [4.78, 5) is 2.31. The number of hydrogen-bond donors (Lipinski definition) is 0. The lowest BCUT2D eigenvalue weighted by atomic mass is 10.2. The summed E-state index contributed by atoms with van der Waals surface area (Å²) in [5.41, 5.74) is 0.277. The molecule has 2 nitrogen and oxygen atoms in total. The Bertz CT molecular complexity index is 619. The molecule has 1 saturated carbocycles. The first-order chi connectivity index (χ1) is 10.6. The second kappa shape index (κ2) is 6.02. The smallest absolute Gasteiger partial charge is 0.143 e. The van der Waals surface area contributed by atoms with E-state index in [0.29, 0.717) is 0 Å². The summed E-state index contributed by atoms with van der Waals surface area (Å²) in [5.74, 6) is 0. The average Bonchev–Trinajstić information content (AvgIpc) is 3.36. The first-order valence-corrected chi connectivity index (χ1v) is 9.84. The van der Waals surface area contributed by atoms with Crippen LogP contribution in [0, 0.1) is 0 Å². The Labute approximate surface area is 133 Å². The van der Waals surface area contributed by atoms with Gasteiger partial charge in [0.1, 0.15) is 7.14 Å². The van der Waals surface area contributed by atoms with E-state index in [1.807, 2.05) is 60.7 Å². The predicted octanol–water partition coefficient (Wildman–Crippen LogP) is 3.48. The van der Waals surface area contributed by atoms with Gasteiger partial charge in [-0.3, -0.25) is 0 Å². The van der Waals surface area contributed by atoms with Crippen LogP contribution in [0.25, 0.3) is 0 Å². The fourth-order valence-corrected chi connectivity index (χ4v) is 6.03. The molecule has 0 saturated heterocycles. The Morgan fingerprint density at radius 3 is 1.73 bits per heavy atom. The zero-order valence-electron chi connectivity index (χ0n) is 13.4. The van der Waals surface area contributed by atoms with Gasteiger partial charge in [-0.05, 0) is 33.4 Å². The summed E-state index contributed by atoms with van der Waals surface area (Å²) in [6.45, 7) is 0. The molecule has 0 aromatic heterocycles. The molecule has 1 aliphatic rings. The summed E-state index contributed by atoms with van der Waals surface area (Å²) < 4.78 is 13.9. The van der Waals surface area contributed by atoms with Crippen molar-refractivity contribution in [3.8, 4) is 0 Å². The minimum absolute atomic E-state index is 0.277. The first kappa shape index (κ1) is 15.5. The van der Waals surface area contributed by atoms with Crippen LogP contribution in [0.2, 0.25) is 0 Å². The lowest BCUT2D eigenvalue weighted by Crippen LogP contribution is -2.32. The molecule has 2 aromatic rings. The van der Waals surface area contributed by atoms with Gasteiger partial charge in [-0.2, -0.15) is 0 Å². The molecule has 0 bridgehead atoms. The lowest BCUT2D eigenvalue weighted by Gasteiger charge is -2.27. The standard InChI is InChI=1S/C19H24NOP/c1-20(2)19(13-14-19)15-16-22(21,17-9-5-3-6-10-17)18-11-7-4-8-12-18/h3-12H,13-16H2,1-2H3. The molecule has 116 valence electrons. The Morgan fingerprint density at radius 2 is 1.36 bits per heavy atom. The molecule has 3 rings (SSSR count). The van der Waals surface area contributed by atoms with Crippen LogP contribution >= 0.6 is 7.14 Å². The molecule has 1 fully saturated rings. The van der Waals surface area contributed by atoms with Crippen molar-refractivity contribution in [2.75, 3.05) is 20.3 Å².